The van der Waals surface area contributed by atoms with Gasteiger partial charge >= 0.3 is 0 Å². The summed E-state index contributed by atoms with van der Waals surface area (Å²) in [5, 5.41) is 3.39. The fraction of sp³-hybridized carbons (Fsp3) is 0.312. The molecule has 0 bridgehead atoms. The summed E-state index contributed by atoms with van der Waals surface area (Å²) in [7, 11) is 0. The number of hydrogen-bond donors (Lipinski definition) is 1. The van der Waals surface area contributed by atoms with Gasteiger partial charge in [-0.05, 0) is 53.5 Å². The van der Waals surface area contributed by atoms with Crippen molar-refractivity contribution in [1.29, 1.82) is 0 Å². The molecule has 2 unspecified atom stereocenters. The van der Waals surface area contributed by atoms with Crippen LogP contribution in [0.25, 0.3) is 0 Å². The van der Waals surface area contributed by atoms with Crippen molar-refractivity contribution in [2.24, 2.45) is 10.9 Å². The molecule has 1 N–H and O–H groups in total. The molecule has 3 heteroatoms. The third-order valence-electron chi connectivity index (χ3n) is 3.60. The highest BCUT2D eigenvalue weighted by atomic mass is 127. The van der Waals surface area contributed by atoms with Crippen molar-refractivity contribution in [1.82, 2.24) is 5.32 Å². The van der Waals surface area contributed by atoms with Gasteiger partial charge in [0.2, 0.25) is 0 Å². The van der Waals surface area contributed by atoms with Crippen LogP contribution in [-0.2, 0) is 0 Å². The van der Waals surface area contributed by atoms with Crippen LogP contribution in [0.2, 0.25) is 0 Å². The van der Waals surface area contributed by atoms with Gasteiger partial charge in [0.05, 0.1) is 6.04 Å². The molecular weight excluding hydrogens is 347 g/mol. The number of halogens is 1. The summed E-state index contributed by atoms with van der Waals surface area (Å²) in [5.74, 6) is 0.486. The zero-order valence-electron chi connectivity index (χ0n) is 10.7. The largest absolute Gasteiger partial charge is 0.335 e. The van der Waals surface area contributed by atoms with E-state index in [1.54, 1.807) is 0 Å². The van der Waals surface area contributed by atoms with E-state index < -0.39 is 0 Å². The topological polar surface area (TPSA) is 24.4 Å². The van der Waals surface area contributed by atoms with Crippen LogP contribution in [0, 0.1) is 5.92 Å². The van der Waals surface area contributed by atoms with E-state index in [9.17, 15) is 0 Å². The summed E-state index contributed by atoms with van der Waals surface area (Å²) in [6.07, 6.45) is 21.1. The monoisotopic (exact) mass is 364 g/mol. The van der Waals surface area contributed by atoms with E-state index in [1.165, 1.54) is 11.3 Å². The second kappa shape index (κ2) is 5.90. The molecule has 0 saturated carbocycles. The lowest BCUT2D eigenvalue weighted by atomic mass is 9.90. The molecule has 3 rings (SSSR count). The lowest BCUT2D eigenvalue weighted by molar-refractivity contribution is 0.573. The average molecular weight is 364 g/mol. The van der Waals surface area contributed by atoms with Crippen molar-refractivity contribution in [3.8, 4) is 0 Å². The Balaban J connectivity index is 1.83. The minimum absolute atomic E-state index is 0.251. The SMILES string of the molecule is IC1=NC(C2C=CC=CC2)C=C(C2=CCCC=C2)N1. The molecule has 0 amide bonds. The first kappa shape index (κ1) is 12.9. The highest BCUT2D eigenvalue weighted by Crippen LogP contribution is 2.26. The summed E-state index contributed by atoms with van der Waals surface area (Å²) in [4.78, 5) is 4.73. The second-order valence-electron chi connectivity index (χ2n) is 4.97. The number of rotatable bonds is 2. The average Bonchev–Trinajstić information content (AvgIpc) is 2.48. The molecule has 0 aromatic rings. The second-order valence-corrected chi connectivity index (χ2v) is 5.99. The molecule has 2 nitrogen and oxygen atoms in total. The normalized spacial score (nSPS) is 29.4. The standard InChI is InChI=1S/C16H17IN2/c17-16-18-14(12-7-3-1-4-8-12)11-15(19-16)13-9-5-2-6-10-13/h1,3-5,7,9-12,14H,2,6,8H2,(H,18,19). The van der Waals surface area contributed by atoms with Crippen LogP contribution in [0.4, 0.5) is 0 Å². The number of allylic oxidation sites excluding steroid dienone is 6. The van der Waals surface area contributed by atoms with Crippen LogP contribution in [0.15, 0.2) is 64.9 Å². The maximum absolute atomic E-state index is 4.73. The number of nitrogens with zero attached hydrogens (tertiary/aromatic N) is 1. The van der Waals surface area contributed by atoms with E-state index in [1.807, 2.05) is 0 Å². The minimum atomic E-state index is 0.251. The molecule has 19 heavy (non-hydrogen) atoms. The molecule has 0 fully saturated rings. The van der Waals surface area contributed by atoms with Crippen LogP contribution in [0.3, 0.4) is 0 Å². The molecule has 2 atom stereocenters. The maximum atomic E-state index is 4.73. The first-order valence-corrected chi connectivity index (χ1v) is 7.83. The van der Waals surface area contributed by atoms with Crippen LogP contribution in [0.5, 0.6) is 0 Å². The Bertz CT molecular complexity index is 535. The molecule has 98 valence electrons. The van der Waals surface area contributed by atoms with Gasteiger partial charge in [-0.15, -0.1) is 0 Å². The lowest BCUT2D eigenvalue weighted by Gasteiger charge is -2.26. The zero-order chi connectivity index (χ0) is 13.1. The summed E-state index contributed by atoms with van der Waals surface area (Å²) < 4.78 is 0.989. The Labute approximate surface area is 127 Å². The van der Waals surface area contributed by atoms with Crippen LogP contribution >= 0.6 is 22.6 Å². The van der Waals surface area contributed by atoms with Gasteiger partial charge < -0.3 is 5.32 Å². The molecular formula is C16H17IN2. The van der Waals surface area contributed by atoms with E-state index in [0.29, 0.717) is 5.92 Å². The van der Waals surface area contributed by atoms with Gasteiger partial charge in [0.1, 0.15) is 0 Å². The maximum Gasteiger partial charge on any atom is 0.165 e. The van der Waals surface area contributed by atoms with E-state index in [0.717, 1.165) is 23.1 Å². The third-order valence-corrected chi connectivity index (χ3v) is 4.14. The van der Waals surface area contributed by atoms with Gasteiger partial charge in [-0.2, -0.15) is 0 Å². The van der Waals surface area contributed by atoms with Crippen LogP contribution < -0.4 is 5.32 Å². The lowest BCUT2D eigenvalue weighted by Crippen LogP contribution is -2.29. The molecule has 0 aromatic carbocycles. The van der Waals surface area contributed by atoms with Crippen molar-refractivity contribution in [2.45, 2.75) is 25.3 Å². The van der Waals surface area contributed by atoms with Crippen molar-refractivity contribution >= 4 is 26.4 Å². The number of amidine groups is 1. The van der Waals surface area contributed by atoms with Crippen molar-refractivity contribution in [3.05, 3.63) is 59.9 Å². The van der Waals surface area contributed by atoms with E-state index >= 15 is 0 Å². The molecule has 1 heterocycles. The van der Waals surface area contributed by atoms with E-state index in [4.69, 9.17) is 4.99 Å². The van der Waals surface area contributed by atoms with Gasteiger partial charge in [-0.3, -0.25) is 4.99 Å². The van der Waals surface area contributed by atoms with Gasteiger partial charge in [0.15, 0.2) is 3.84 Å². The molecule has 0 spiro atoms. The Morgan fingerprint density at radius 3 is 2.89 bits per heavy atom. The van der Waals surface area contributed by atoms with E-state index in [-0.39, 0.29) is 6.04 Å². The molecule has 2 aliphatic carbocycles. The summed E-state index contributed by atoms with van der Waals surface area (Å²) >= 11 is 2.28. The highest BCUT2D eigenvalue weighted by molar-refractivity contribution is 14.1. The van der Waals surface area contributed by atoms with Gasteiger partial charge in [0.25, 0.3) is 0 Å². The van der Waals surface area contributed by atoms with Gasteiger partial charge in [0, 0.05) is 11.6 Å². The zero-order valence-corrected chi connectivity index (χ0v) is 12.9. The Morgan fingerprint density at radius 2 is 2.16 bits per heavy atom. The molecule has 3 aliphatic rings. The number of nitrogens with one attached hydrogen (secondary N) is 1. The molecule has 0 aromatic heterocycles. The number of hydrogen-bond acceptors (Lipinski definition) is 2. The molecule has 0 radical (unpaired) electrons. The molecule has 1 aliphatic heterocycles. The highest BCUT2D eigenvalue weighted by Gasteiger charge is 2.22. The minimum Gasteiger partial charge on any atom is -0.335 e. The summed E-state index contributed by atoms with van der Waals surface area (Å²) in [6, 6.07) is 0.251. The van der Waals surface area contributed by atoms with Crippen molar-refractivity contribution in [2.75, 3.05) is 0 Å². The number of aliphatic imine (C=N–C) groups is 1. The molecule has 0 saturated heterocycles. The Hall–Kier alpha value is -1.10. The Kier molecular flexibility index (Phi) is 4.01. The van der Waals surface area contributed by atoms with Gasteiger partial charge in [-0.25, -0.2) is 0 Å². The smallest absolute Gasteiger partial charge is 0.165 e. The third kappa shape index (κ3) is 3.08. The van der Waals surface area contributed by atoms with Gasteiger partial charge in [-0.1, -0.05) is 42.5 Å². The van der Waals surface area contributed by atoms with Crippen molar-refractivity contribution < 1.29 is 0 Å². The summed E-state index contributed by atoms with van der Waals surface area (Å²) in [6.45, 7) is 0. The fourth-order valence-corrected chi connectivity index (χ4v) is 3.19. The van der Waals surface area contributed by atoms with Crippen LogP contribution in [0.1, 0.15) is 19.3 Å². The predicted octanol–water partition coefficient (Wildman–Crippen LogP) is 4.04. The quantitative estimate of drug-likeness (QED) is 0.581. The fourth-order valence-electron chi connectivity index (χ4n) is 2.58. The summed E-state index contributed by atoms with van der Waals surface area (Å²) in [5.41, 5.74) is 2.51. The predicted molar refractivity (Wildman–Crippen MR) is 89.3 cm³/mol. The van der Waals surface area contributed by atoms with E-state index in [2.05, 4.69) is 76.5 Å². The Morgan fingerprint density at radius 1 is 1.21 bits per heavy atom. The van der Waals surface area contributed by atoms with Crippen molar-refractivity contribution in [3.63, 3.8) is 0 Å². The first-order chi connectivity index (χ1) is 9.33. The first-order valence-electron chi connectivity index (χ1n) is 6.75. The van der Waals surface area contributed by atoms with Crippen LogP contribution in [-0.4, -0.2) is 9.88 Å².